The number of methoxy groups -OCH3 is 1. The van der Waals surface area contributed by atoms with E-state index in [0.717, 1.165) is 23.1 Å². The molecule has 7 nitrogen and oxygen atoms in total. The number of Topliss-reactive ketones (excluding diaryl/α,β-unsaturated/α-hetero) is 1. The molecule has 1 aliphatic heterocycles. The third-order valence-electron chi connectivity index (χ3n) is 7.45. The largest absolute Gasteiger partial charge is 0.497 e. The van der Waals surface area contributed by atoms with Crippen LogP contribution in [0.3, 0.4) is 0 Å². The molecule has 0 amide bonds. The lowest BCUT2D eigenvalue weighted by molar-refractivity contribution is -0.153. The Balaban J connectivity index is 1.88. The number of allylic oxidation sites excluding steroid dienone is 1. The highest BCUT2D eigenvalue weighted by atomic mass is 16.5. The average molecular weight is 518 g/mol. The number of hydrogen-bond acceptors (Lipinski definition) is 7. The molecule has 2 aromatic carbocycles. The van der Waals surface area contributed by atoms with E-state index in [0.29, 0.717) is 29.2 Å². The van der Waals surface area contributed by atoms with Crippen molar-refractivity contribution in [3.8, 4) is 5.75 Å². The molecular formula is C31H35NO6. The first kappa shape index (κ1) is 27.3. The first-order chi connectivity index (χ1) is 18.3. The zero-order valence-electron chi connectivity index (χ0n) is 22.7. The summed E-state index contributed by atoms with van der Waals surface area (Å²) in [6.07, 6.45) is 1.25. The summed E-state index contributed by atoms with van der Waals surface area (Å²) >= 11 is 0. The first-order valence-electron chi connectivity index (χ1n) is 13.2. The van der Waals surface area contributed by atoms with Crippen LogP contribution in [0.25, 0.3) is 0 Å². The van der Waals surface area contributed by atoms with Gasteiger partial charge in [-0.05, 0) is 62.4 Å². The number of rotatable bonds is 8. The van der Waals surface area contributed by atoms with Crippen LogP contribution in [0.4, 0.5) is 0 Å². The fraction of sp³-hybridized carbons (Fsp3) is 0.419. The minimum Gasteiger partial charge on any atom is -0.497 e. The number of fused-ring (bicyclic) bond motifs is 1. The highest BCUT2D eigenvalue weighted by Crippen LogP contribution is 2.48. The Hall–Kier alpha value is -3.74. The van der Waals surface area contributed by atoms with Gasteiger partial charge in [-0.3, -0.25) is 14.6 Å². The van der Waals surface area contributed by atoms with Crippen LogP contribution in [0.5, 0.6) is 5.75 Å². The first-order valence-corrected chi connectivity index (χ1v) is 13.2. The van der Waals surface area contributed by atoms with E-state index in [-0.39, 0.29) is 19.0 Å². The highest BCUT2D eigenvalue weighted by molar-refractivity contribution is 6.17. The standard InChI is InChI=1S/C31H35NO6/c1-6-19-12-14-20(15-13-19)26-25(30(34)37-7-2)18(4)32-24-17-23(21-10-9-11-22(16-21)36-5)27(29(33)28(24)26)31(35)38-8-3/h9-16,23,26-28H,6-8,17H2,1-5H3/t23-,26+,27-,28?/m0/s1. The van der Waals surface area contributed by atoms with Gasteiger partial charge < -0.3 is 14.2 Å². The van der Waals surface area contributed by atoms with Gasteiger partial charge in [0.1, 0.15) is 11.7 Å². The van der Waals surface area contributed by atoms with Crippen molar-refractivity contribution in [2.75, 3.05) is 20.3 Å². The zero-order chi connectivity index (χ0) is 27.4. The van der Waals surface area contributed by atoms with E-state index >= 15 is 0 Å². The Morgan fingerprint density at radius 3 is 2.29 bits per heavy atom. The molecule has 0 aromatic heterocycles. The number of aryl methyl sites for hydroxylation is 1. The van der Waals surface area contributed by atoms with Crippen LogP contribution in [0, 0.1) is 11.8 Å². The summed E-state index contributed by atoms with van der Waals surface area (Å²) in [4.78, 5) is 45.7. The monoisotopic (exact) mass is 517 g/mol. The van der Waals surface area contributed by atoms with E-state index in [1.807, 2.05) is 48.5 Å². The number of nitrogens with zero attached hydrogens (tertiary/aromatic N) is 1. The van der Waals surface area contributed by atoms with Crippen LogP contribution in [0.1, 0.15) is 62.6 Å². The number of ether oxygens (including phenoxy) is 3. The van der Waals surface area contributed by atoms with Crippen molar-refractivity contribution >= 4 is 23.4 Å². The van der Waals surface area contributed by atoms with Gasteiger partial charge in [-0.1, -0.05) is 43.3 Å². The summed E-state index contributed by atoms with van der Waals surface area (Å²) in [5.74, 6) is -3.59. The smallest absolute Gasteiger partial charge is 0.336 e. The number of carbonyl (C=O) groups excluding carboxylic acids is 3. The van der Waals surface area contributed by atoms with Crippen LogP contribution in [-0.4, -0.2) is 43.8 Å². The molecular weight excluding hydrogens is 482 g/mol. The van der Waals surface area contributed by atoms with Gasteiger partial charge in [-0.15, -0.1) is 0 Å². The molecule has 0 radical (unpaired) electrons. The van der Waals surface area contributed by atoms with E-state index in [1.165, 1.54) is 0 Å². The van der Waals surface area contributed by atoms with E-state index in [4.69, 9.17) is 19.2 Å². The summed E-state index contributed by atoms with van der Waals surface area (Å²) in [7, 11) is 1.58. The van der Waals surface area contributed by atoms with Gasteiger partial charge in [-0.25, -0.2) is 4.79 Å². The molecule has 1 aliphatic carbocycles. The molecule has 1 unspecified atom stereocenters. The highest BCUT2D eigenvalue weighted by Gasteiger charge is 2.53. The number of hydrogen-bond donors (Lipinski definition) is 0. The maximum atomic E-state index is 14.4. The molecule has 4 rings (SSSR count). The Morgan fingerprint density at radius 1 is 0.947 bits per heavy atom. The molecule has 0 N–H and O–H groups in total. The number of carbonyl (C=O) groups is 3. The van der Waals surface area contributed by atoms with Crippen molar-refractivity contribution in [3.05, 3.63) is 76.5 Å². The van der Waals surface area contributed by atoms with E-state index in [2.05, 4.69) is 6.92 Å². The topological polar surface area (TPSA) is 91.3 Å². The minimum absolute atomic E-state index is 0.161. The van der Waals surface area contributed by atoms with Crippen molar-refractivity contribution in [2.45, 2.75) is 52.4 Å². The number of benzene rings is 2. The van der Waals surface area contributed by atoms with Gasteiger partial charge in [0, 0.05) is 23.2 Å². The van der Waals surface area contributed by atoms with Gasteiger partial charge in [0.05, 0.1) is 31.8 Å². The lowest BCUT2D eigenvalue weighted by Gasteiger charge is -2.41. The SMILES string of the molecule is CCOC(=O)C1=C(C)N=C2C[C@@H](c3cccc(OC)c3)[C@H](C(=O)OCC)C(=O)C2[C@@H]1c1ccc(CC)cc1. The van der Waals surface area contributed by atoms with Gasteiger partial charge >= 0.3 is 11.9 Å². The summed E-state index contributed by atoms with van der Waals surface area (Å²) in [5, 5.41) is 0. The van der Waals surface area contributed by atoms with Crippen LogP contribution in [-0.2, 0) is 30.3 Å². The van der Waals surface area contributed by atoms with E-state index in [1.54, 1.807) is 27.9 Å². The second-order valence-electron chi connectivity index (χ2n) is 9.59. The van der Waals surface area contributed by atoms with Gasteiger partial charge in [-0.2, -0.15) is 0 Å². The summed E-state index contributed by atoms with van der Waals surface area (Å²) in [5.41, 5.74) is 4.33. The maximum absolute atomic E-state index is 14.4. The zero-order valence-corrected chi connectivity index (χ0v) is 22.7. The van der Waals surface area contributed by atoms with E-state index in [9.17, 15) is 14.4 Å². The van der Waals surface area contributed by atoms with Crippen molar-refractivity contribution < 1.29 is 28.6 Å². The molecule has 1 fully saturated rings. The van der Waals surface area contributed by atoms with Crippen molar-refractivity contribution in [1.82, 2.24) is 0 Å². The Morgan fingerprint density at radius 2 is 1.66 bits per heavy atom. The second-order valence-corrected chi connectivity index (χ2v) is 9.59. The molecule has 200 valence electrons. The van der Waals surface area contributed by atoms with Crippen LogP contribution >= 0.6 is 0 Å². The van der Waals surface area contributed by atoms with Crippen LogP contribution in [0.2, 0.25) is 0 Å². The van der Waals surface area contributed by atoms with Crippen molar-refractivity contribution in [2.24, 2.45) is 16.8 Å². The summed E-state index contributed by atoms with van der Waals surface area (Å²) < 4.78 is 16.2. The Kier molecular flexibility index (Phi) is 8.45. The van der Waals surface area contributed by atoms with Gasteiger partial charge in [0.2, 0.25) is 0 Å². The lowest BCUT2D eigenvalue weighted by atomic mass is 9.62. The van der Waals surface area contributed by atoms with Crippen LogP contribution < -0.4 is 4.74 Å². The Labute approximate surface area is 223 Å². The molecule has 7 heteroatoms. The fourth-order valence-electron chi connectivity index (χ4n) is 5.66. The van der Waals surface area contributed by atoms with Crippen LogP contribution in [0.15, 0.2) is 64.8 Å². The molecule has 38 heavy (non-hydrogen) atoms. The molecule has 1 heterocycles. The van der Waals surface area contributed by atoms with Crippen molar-refractivity contribution in [3.63, 3.8) is 0 Å². The summed E-state index contributed by atoms with van der Waals surface area (Å²) in [6.45, 7) is 7.69. The normalized spacial score (nSPS) is 22.9. The molecule has 4 atom stereocenters. The molecule has 0 bridgehead atoms. The fourth-order valence-corrected chi connectivity index (χ4v) is 5.66. The second kappa shape index (κ2) is 11.8. The third-order valence-corrected chi connectivity index (χ3v) is 7.45. The lowest BCUT2D eigenvalue weighted by Crippen LogP contribution is -2.48. The molecule has 2 aliphatic rings. The van der Waals surface area contributed by atoms with Gasteiger partial charge in [0.15, 0.2) is 5.78 Å². The minimum atomic E-state index is -1.04. The summed E-state index contributed by atoms with van der Waals surface area (Å²) in [6, 6.07) is 15.3. The molecule has 0 spiro atoms. The predicted octanol–water partition coefficient (Wildman–Crippen LogP) is 5.19. The molecule has 1 saturated carbocycles. The predicted molar refractivity (Wildman–Crippen MR) is 144 cm³/mol. The number of aliphatic imine (C=N–C) groups is 1. The maximum Gasteiger partial charge on any atom is 0.336 e. The molecule has 0 saturated heterocycles. The average Bonchev–Trinajstić information content (AvgIpc) is 2.92. The van der Waals surface area contributed by atoms with E-state index < -0.39 is 35.6 Å². The number of esters is 2. The quantitative estimate of drug-likeness (QED) is 0.354. The molecule has 2 aromatic rings. The Bertz CT molecular complexity index is 1280. The third kappa shape index (κ3) is 5.15. The van der Waals surface area contributed by atoms with Gasteiger partial charge in [0.25, 0.3) is 0 Å². The number of ketones is 1. The van der Waals surface area contributed by atoms with Crippen molar-refractivity contribution in [1.29, 1.82) is 0 Å².